The van der Waals surface area contributed by atoms with Crippen molar-refractivity contribution in [1.29, 1.82) is 0 Å². The first-order valence-corrected chi connectivity index (χ1v) is 4.29. The minimum Gasteiger partial charge on any atom is -0.294 e. The molecule has 0 saturated carbocycles. The van der Waals surface area contributed by atoms with E-state index >= 15 is 0 Å². The van der Waals surface area contributed by atoms with E-state index in [1.807, 2.05) is 34.9 Å². The minimum atomic E-state index is 0.136. The summed E-state index contributed by atoms with van der Waals surface area (Å²) in [5, 5.41) is 0. The molecular weight excluding hydrogens is 164 g/mol. The fraction of sp³-hybridized carbons (Fsp3) is 0.400. The van der Waals surface area contributed by atoms with E-state index in [1.165, 1.54) is 0 Å². The average Bonchev–Trinajstić information content (AvgIpc) is 2.47. The highest BCUT2D eigenvalue weighted by Gasteiger charge is 2.05. The van der Waals surface area contributed by atoms with Crippen LogP contribution in [0.3, 0.4) is 0 Å². The van der Waals surface area contributed by atoms with Gasteiger partial charge in [0, 0.05) is 6.42 Å². The molecule has 0 radical (unpaired) electrons. The van der Waals surface area contributed by atoms with Crippen LogP contribution < -0.4 is 4.57 Å². The van der Waals surface area contributed by atoms with Crippen molar-refractivity contribution in [3.05, 3.63) is 30.9 Å². The zero-order chi connectivity index (χ0) is 9.84. The van der Waals surface area contributed by atoms with Crippen molar-refractivity contribution in [2.75, 3.05) is 0 Å². The predicted octanol–water partition coefficient (Wildman–Crippen LogP) is 0.848. The second-order valence-electron chi connectivity index (χ2n) is 3.27. The fourth-order valence-electron chi connectivity index (χ4n) is 1.08. The van der Waals surface area contributed by atoms with E-state index in [2.05, 4.69) is 6.58 Å². The molecule has 1 rings (SSSR count). The van der Waals surface area contributed by atoms with Crippen molar-refractivity contribution in [1.82, 2.24) is 4.57 Å². The quantitative estimate of drug-likeness (QED) is 0.497. The summed E-state index contributed by atoms with van der Waals surface area (Å²) < 4.78 is 3.94. The topological polar surface area (TPSA) is 25.9 Å². The van der Waals surface area contributed by atoms with Crippen molar-refractivity contribution in [3.8, 4) is 0 Å². The van der Waals surface area contributed by atoms with Gasteiger partial charge in [-0.1, -0.05) is 6.58 Å². The van der Waals surface area contributed by atoms with Crippen LogP contribution >= 0.6 is 0 Å². The number of aromatic nitrogens is 2. The number of Topliss-reactive ketones (excluding diaryl/α,β-unsaturated/α-hetero) is 1. The molecule has 3 nitrogen and oxygen atoms in total. The molecule has 0 atom stereocenters. The second-order valence-corrected chi connectivity index (χ2v) is 3.27. The number of rotatable bonds is 4. The Labute approximate surface area is 78.3 Å². The number of hydrogen-bond donors (Lipinski definition) is 0. The Hall–Kier alpha value is -1.38. The van der Waals surface area contributed by atoms with Gasteiger partial charge in [0.25, 0.3) is 0 Å². The van der Waals surface area contributed by atoms with Crippen molar-refractivity contribution < 1.29 is 9.36 Å². The van der Waals surface area contributed by atoms with Gasteiger partial charge in [-0.2, -0.15) is 0 Å². The number of imidazole rings is 1. The smallest absolute Gasteiger partial charge is 0.243 e. The molecule has 0 amide bonds. The molecule has 1 heterocycles. The van der Waals surface area contributed by atoms with Crippen LogP contribution in [-0.4, -0.2) is 10.4 Å². The van der Waals surface area contributed by atoms with E-state index in [1.54, 1.807) is 6.92 Å². The maximum atomic E-state index is 11.2. The SMILES string of the molecule is C=C(C)C(=O)CCn1cc[n+](C)c1. The molecular formula is C10H15N2O+. The standard InChI is InChI=1S/C10H15N2O/c1-9(2)10(13)4-5-12-7-6-11(3)8-12/h6-8H,1,4-5H2,2-3H3/q+1. The van der Waals surface area contributed by atoms with Crippen LogP contribution in [0.1, 0.15) is 13.3 Å². The van der Waals surface area contributed by atoms with Gasteiger partial charge >= 0.3 is 0 Å². The Balaban J connectivity index is 2.44. The number of carbonyl (C=O) groups excluding carboxylic acids is 1. The largest absolute Gasteiger partial charge is 0.294 e. The second kappa shape index (κ2) is 4.03. The Morgan fingerprint density at radius 1 is 1.62 bits per heavy atom. The zero-order valence-electron chi connectivity index (χ0n) is 8.16. The number of nitrogens with zero attached hydrogens (tertiary/aromatic N) is 2. The van der Waals surface area contributed by atoms with E-state index in [4.69, 9.17) is 0 Å². The summed E-state index contributed by atoms with van der Waals surface area (Å²) in [5.74, 6) is 0.136. The molecule has 70 valence electrons. The first-order valence-electron chi connectivity index (χ1n) is 4.29. The maximum absolute atomic E-state index is 11.2. The molecule has 1 aromatic heterocycles. The van der Waals surface area contributed by atoms with Gasteiger partial charge in [0.15, 0.2) is 5.78 Å². The zero-order valence-corrected chi connectivity index (χ0v) is 8.16. The van der Waals surface area contributed by atoms with Crippen molar-refractivity contribution in [3.63, 3.8) is 0 Å². The van der Waals surface area contributed by atoms with E-state index in [0.29, 0.717) is 12.0 Å². The highest BCUT2D eigenvalue weighted by atomic mass is 16.1. The number of carbonyl (C=O) groups is 1. The van der Waals surface area contributed by atoms with Crippen LogP contribution in [0.25, 0.3) is 0 Å². The molecule has 1 aromatic rings. The van der Waals surface area contributed by atoms with Crippen molar-refractivity contribution in [2.24, 2.45) is 7.05 Å². The molecule has 0 aromatic carbocycles. The van der Waals surface area contributed by atoms with Gasteiger partial charge < -0.3 is 0 Å². The molecule has 13 heavy (non-hydrogen) atoms. The minimum absolute atomic E-state index is 0.136. The fourth-order valence-corrected chi connectivity index (χ4v) is 1.08. The molecule has 0 aliphatic rings. The molecule has 0 bridgehead atoms. The highest BCUT2D eigenvalue weighted by Crippen LogP contribution is 1.97. The monoisotopic (exact) mass is 179 g/mol. The lowest BCUT2D eigenvalue weighted by atomic mass is 10.2. The predicted molar refractivity (Wildman–Crippen MR) is 50.0 cm³/mol. The van der Waals surface area contributed by atoms with E-state index in [0.717, 1.165) is 6.54 Å². The molecule has 0 unspecified atom stereocenters. The summed E-state index contributed by atoms with van der Waals surface area (Å²) in [5.41, 5.74) is 0.636. The third kappa shape index (κ3) is 2.86. The van der Waals surface area contributed by atoms with Gasteiger partial charge in [-0.15, -0.1) is 0 Å². The Morgan fingerprint density at radius 2 is 2.31 bits per heavy atom. The number of hydrogen-bond acceptors (Lipinski definition) is 1. The van der Waals surface area contributed by atoms with Crippen LogP contribution in [-0.2, 0) is 18.4 Å². The third-order valence-corrected chi connectivity index (χ3v) is 1.90. The number of allylic oxidation sites excluding steroid dienone is 1. The summed E-state index contributed by atoms with van der Waals surface area (Å²) in [6.45, 7) is 6.09. The van der Waals surface area contributed by atoms with E-state index < -0.39 is 0 Å². The summed E-state index contributed by atoms with van der Waals surface area (Å²) in [6.07, 6.45) is 6.38. The summed E-state index contributed by atoms with van der Waals surface area (Å²) in [7, 11) is 1.96. The van der Waals surface area contributed by atoms with Gasteiger partial charge in [-0.25, -0.2) is 9.13 Å². The molecule has 0 aliphatic carbocycles. The van der Waals surface area contributed by atoms with E-state index in [9.17, 15) is 4.79 Å². The molecule has 3 heteroatoms. The van der Waals surface area contributed by atoms with Crippen LogP contribution in [0.4, 0.5) is 0 Å². The van der Waals surface area contributed by atoms with Crippen LogP contribution in [0.5, 0.6) is 0 Å². The summed E-state index contributed by atoms with van der Waals surface area (Å²) in [6, 6.07) is 0. The molecule has 0 fully saturated rings. The number of ketones is 1. The maximum Gasteiger partial charge on any atom is 0.243 e. The van der Waals surface area contributed by atoms with Crippen LogP contribution in [0, 0.1) is 0 Å². The lowest BCUT2D eigenvalue weighted by Crippen LogP contribution is -2.23. The highest BCUT2D eigenvalue weighted by molar-refractivity contribution is 5.93. The van der Waals surface area contributed by atoms with Gasteiger partial charge in [0.1, 0.15) is 12.4 Å². The first kappa shape index (κ1) is 9.71. The Kier molecular flexibility index (Phi) is 3.01. The van der Waals surface area contributed by atoms with Crippen LogP contribution in [0.15, 0.2) is 30.9 Å². The van der Waals surface area contributed by atoms with Crippen molar-refractivity contribution >= 4 is 5.78 Å². The lowest BCUT2D eigenvalue weighted by molar-refractivity contribution is -0.671. The van der Waals surface area contributed by atoms with Crippen molar-refractivity contribution in [2.45, 2.75) is 19.9 Å². The lowest BCUT2D eigenvalue weighted by Gasteiger charge is -1.96. The first-order chi connectivity index (χ1) is 6.09. The molecule has 0 aliphatic heterocycles. The Morgan fingerprint density at radius 3 is 2.77 bits per heavy atom. The average molecular weight is 179 g/mol. The molecule has 0 saturated heterocycles. The summed E-state index contributed by atoms with van der Waals surface area (Å²) >= 11 is 0. The van der Waals surface area contributed by atoms with Gasteiger partial charge in [-0.05, 0) is 12.5 Å². The van der Waals surface area contributed by atoms with E-state index in [-0.39, 0.29) is 5.78 Å². The van der Waals surface area contributed by atoms with Gasteiger partial charge in [0.2, 0.25) is 6.33 Å². The summed E-state index contributed by atoms with van der Waals surface area (Å²) in [4.78, 5) is 11.2. The van der Waals surface area contributed by atoms with Crippen LogP contribution in [0.2, 0.25) is 0 Å². The molecule has 0 N–H and O–H groups in total. The normalized spacial score (nSPS) is 10.0. The molecule has 0 spiro atoms. The third-order valence-electron chi connectivity index (χ3n) is 1.90. The van der Waals surface area contributed by atoms with Gasteiger partial charge in [-0.3, -0.25) is 4.79 Å². The Bertz CT molecular complexity index is 325. The number of aryl methyl sites for hydroxylation is 2. The van der Waals surface area contributed by atoms with Gasteiger partial charge in [0.05, 0.1) is 13.6 Å².